The molecule has 2 rings (SSSR count). The van der Waals surface area contributed by atoms with Crippen LogP contribution in [0.15, 0.2) is 0 Å². The van der Waals surface area contributed by atoms with Crippen molar-refractivity contribution >= 4 is 12.4 Å². The summed E-state index contributed by atoms with van der Waals surface area (Å²) < 4.78 is 12.2. The van der Waals surface area contributed by atoms with Gasteiger partial charge >= 0.3 is 0 Å². The molecule has 0 spiro atoms. The summed E-state index contributed by atoms with van der Waals surface area (Å²) in [5.41, 5.74) is 0. The normalized spacial score (nSPS) is 24.6. The van der Waals surface area contributed by atoms with Crippen molar-refractivity contribution in [1.82, 2.24) is 11.1 Å². The van der Waals surface area contributed by atoms with Gasteiger partial charge in [-0.1, -0.05) is 19.3 Å². The molecule has 1 aliphatic heterocycles. The summed E-state index contributed by atoms with van der Waals surface area (Å²) in [6, 6.07) is 0.807. The van der Waals surface area contributed by atoms with E-state index in [0.29, 0.717) is 5.92 Å². The highest BCUT2D eigenvalue weighted by Crippen LogP contribution is 2.28. The van der Waals surface area contributed by atoms with Gasteiger partial charge in [-0.15, -0.1) is 12.4 Å². The van der Waals surface area contributed by atoms with Gasteiger partial charge in [-0.05, 0) is 12.8 Å². The van der Waals surface area contributed by atoms with Crippen LogP contribution in [-0.2, 0) is 0 Å². The average Bonchev–Trinajstić information content (AvgIpc) is 2.04. The van der Waals surface area contributed by atoms with E-state index < -0.39 is 0 Å². The molecule has 0 atom stereocenters. The van der Waals surface area contributed by atoms with Gasteiger partial charge in [0, 0.05) is 25.0 Å². The van der Waals surface area contributed by atoms with Crippen molar-refractivity contribution < 1.29 is 4.39 Å². The first kappa shape index (κ1) is 14.1. The van der Waals surface area contributed by atoms with Crippen LogP contribution in [-0.4, -0.2) is 30.7 Å². The van der Waals surface area contributed by atoms with Crippen molar-refractivity contribution in [2.45, 2.75) is 38.1 Å². The molecular weight excluding hydrogens is 203 g/mol. The van der Waals surface area contributed by atoms with Crippen molar-refractivity contribution in [1.29, 1.82) is 0 Å². The number of rotatable bonds is 2. The van der Waals surface area contributed by atoms with Gasteiger partial charge in [-0.3, -0.25) is 9.29 Å². The Kier molecular flexibility index (Phi) is 6.66. The van der Waals surface area contributed by atoms with Crippen LogP contribution < -0.4 is 6.15 Å². The molecule has 0 radical (unpaired) electrons. The molecule has 86 valence electrons. The maximum absolute atomic E-state index is 12.2. The fourth-order valence-electron chi connectivity index (χ4n) is 2.45. The van der Waals surface area contributed by atoms with Gasteiger partial charge < -0.3 is 6.15 Å². The number of nitrogens with zero attached hydrogens (tertiary/aromatic N) is 1. The predicted molar refractivity (Wildman–Crippen MR) is 60.2 cm³/mol. The third-order valence-corrected chi connectivity index (χ3v) is 3.29. The number of halogens is 2. The number of hydrogen-bond acceptors (Lipinski definition) is 2. The van der Waals surface area contributed by atoms with Crippen LogP contribution in [0.2, 0.25) is 0 Å². The SMILES string of the molecule is Cl.FCC1CN(C2CCCCC2)C1.N. The van der Waals surface area contributed by atoms with E-state index in [4.69, 9.17) is 0 Å². The summed E-state index contributed by atoms with van der Waals surface area (Å²) in [6.07, 6.45) is 6.91. The Bertz CT molecular complexity index is 145. The van der Waals surface area contributed by atoms with Crippen LogP contribution in [0.1, 0.15) is 32.1 Å². The van der Waals surface area contributed by atoms with Crippen molar-refractivity contribution in [3.05, 3.63) is 0 Å². The summed E-state index contributed by atoms with van der Waals surface area (Å²) in [4.78, 5) is 2.48. The van der Waals surface area contributed by atoms with Crippen LogP contribution in [0.3, 0.4) is 0 Å². The maximum atomic E-state index is 12.2. The van der Waals surface area contributed by atoms with Crippen molar-refractivity contribution in [2.75, 3.05) is 19.8 Å². The van der Waals surface area contributed by atoms with Gasteiger partial charge in [-0.2, -0.15) is 0 Å². The molecule has 2 aliphatic rings. The minimum absolute atomic E-state index is 0. The van der Waals surface area contributed by atoms with Crippen LogP contribution >= 0.6 is 12.4 Å². The molecule has 0 unspecified atom stereocenters. The Morgan fingerprint density at radius 1 is 1.07 bits per heavy atom. The van der Waals surface area contributed by atoms with E-state index in [-0.39, 0.29) is 25.2 Å². The minimum Gasteiger partial charge on any atom is -0.344 e. The zero-order chi connectivity index (χ0) is 8.39. The molecule has 1 saturated carbocycles. The van der Waals surface area contributed by atoms with Gasteiger partial charge in [0.2, 0.25) is 0 Å². The Morgan fingerprint density at radius 3 is 2.14 bits per heavy atom. The van der Waals surface area contributed by atoms with Crippen molar-refractivity contribution in [3.8, 4) is 0 Å². The largest absolute Gasteiger partial charge is 0.344 e. The van der Waals surface area contributed by atoms with Crippen LogP contribution in [0, 0.1) is 5.92 Å². The topological polar surface area (TPSA) is 38.2 Å². The molecular formula is C10H22ClFN2. The second kappa shape index (κ2) is 6.59. The average molecular weight is 225 g/mol. The molecule has 2 nitrogen and oxygen atoms in total. The van der Waals surface area contributed by atoms with Gasteiger partial charge in [0.25, 0.3) is 0 Å². The molecule has 2 fully saturated rings. The third-order valence-electron chi connectivity index (χ3n) is 3.29. The van der Waals surface area contributed by atoms with E-state index in [0.717, 1.165) is 19.1 Å². The maximum Gasteiger partial charge on any atom is 0.0947 e. The Hall–Kier alpha value is 0.140. The molecule has 0 aromatic carbocycles. The van der Waals surface area contributed by atoms with Gasteiger partial charge in [0.05, 0.1) is 6.67 Å². The first-order valence-electron chi connectivity index (χ1n) is 5.20. The lowest BCUT2D eigenvalue weighted by Gasteiger charge is -2.44. The Morgan fingerprint density at radius 2 is 1.64 bits per heavy atom. The molecule has 1 saturated heterocycles. The van der Waals surface area contributed by atoms with Gasteiger partial charge in [0.15, 0.2) is 0 Å². The van der Waals surface area contributed by atoms with Crippen LogP contribution in [0.25, 0.3) is 0 Å². The molecule has 1 heterocycles. The molecule has 14 heavy (non-hydrogen) atoms. The quantitative estimate of drug-likeness (QED) is 0.784. The highest BCUT2D eigenvalue weighted by atomic mass is 35.5. The lowest BCUT2D eigenvalue weighted by Crippen LogP contribution is -2.53. The smallest absolute Gasteiger partial charge is 0.0947 e. The number of alkyl halides is 1. The van der Waals surface area contributed by atoms with Gasteiger partial charge in [0.1, 0.15) is 0 Å². The first-order valence-corrected chi connectivity index (χ1v) is 5.20. The van der Waals surface area contributed by atoms with Gasteiger partial charge in [-0.25, -0.2) is 0 Å². The fourth-order valence-corrected chi connectivity index (χ4v) is 2.45. The second-order valence-corrected chi connectivity index (χ2v) is 4.27. The van der Waals surface area contributed by atoms with Crippen molar-refractivity contribution in [2.24, 2.45) is 5.92 Å². The third kappa shape index (κ3) is 3.07. The molecule has 3 N–H and O–H groups in total. The monoisotopic (exact) mass is 224 g/mol. The summed E-state index contributed by atoms with van der Waals surface area (Å²) in [6.45, 7) is 1.95. The van der Waals surface area contributed by atoms with E-state index in [2.05, 4.69) is 4.90 Å². The van der Waals surface area contributed by atoms with Crippen molar-refractivity contribution in [3.63, 3.8) is 0 Å². The van der Waals surface area contributed by atoms with Crippen LogP contribution in [0.4, 0.5) is 4.39 Å². The van der Waals surface area contributed by atoms with E-state index in [9.17, 15) is 4.39 Å². The molecule has 1 aliphatic carbocycles. The number of hydrogen-bond donors (Lipinski definition) is 1. The molecule has 4 heteroatoms. The predicted octanol–water partition coefficient (Wildman–Crippen LogP) is 2.80. The zero-order valence-corrected chi connectivity index (χ0v) is 9.57. The Balaban J connectivity index is 0.000000845. The summed E-state index contributed by atoms with van der Waals surface area (Å²) >= 11 is 0. The van der Waals surface area contributed by atoms with E-state index in [1.54, 1.807) is 0 Å². The molecule has 0 aromatic heterocycles. The zero-order valence-electron chi connectivity index (χ0n) is 8.75. The summed E-state index contributed by atoms with van der Waals surface area (Å²) in [7, 11) is 0. The first-order chi connectivity index (χ1) is 5.90. The summed E-state index contributed by atoms with van der Waals surface area (Å²) in [5.74, 6) is 0.368. The molecule has 0 aromatic rings. The number of likely N-dealkylation sites (tertiary alicyclic amines) is 1. The highest BCUT2D eigenvalue weighted by molar-refractivity contribution is 5.85. The van der Waals surface area contributed by atoms with E-state index in [1.165, 1.54) is 32.1 Å². The molecule has 0 amide bonds. The minimum atomic E-state index is -0.108. The van der Waals surface area contributed by atoms with E-state index in [1.807, 2.05) is 0 Å². The Labute approximate surface area is 92.2 Å². The highest BCUT2D eigenvalue weighted by Gasteiger charge is 2.32. The lowest BCUT2D eigenvalue weighted by atomic mass is 9.89. The van der Waals surface area contributed by atoms with Crippen LogP contribution in [0.5, 0.6) is 0 Å². The summed E-state index contributed by atoms with van der Waals surface area (Å²) in [5, 5.41) is 0. The standard InChI is InChI=1S/C10H18FN.ClH.H3N/c11-6-9-7-12(8-9)10-4-2-1-3-5-10;;/h9-10H,1-8H2;1H;1H3. The fraction of sp³-hybridized carbons (Fsp3) is 1.00. The second-order valence-electron chi connectivity index (χ2n) is 4.27. The van der Waals surface area contributed by atoms with E-state index >= 15 is 0 Å². The molecule has 0 bridgehead atoms. The lowest BCUT2D eigenvalue weighted by molar-refractivity contribution is 0.0238.